The lowest BCUT2D eigenvalue weighted by Crippen LogP contribution is -2.28. The highest BCUT2D eigenvalue weighted by atomic mass is 32.2. The average molecular weight is 452 g/mol. The standard InChI is InChI=1S/C24H25N3O4S/c1-18-4-6-20(7-5-18)16-32-17-24(29)27-26-13-19-8-10-21(11-9-19)31-15-23(28)25-14-22-3-2-12-30-22/h2-13H,14-17H2,1H3,(H,25,28)(H,27,29)/b26-13-. The topological polar surface area (TPSA) is 92.9 Å². The number of hydrogen-bond acceptors (Lipinski definition) is 6. The number of hydrogen-bond donors (Lipinski definition) is 2. The molecule has 2 amide bonds. The van der Waals surface area contributed by atoms with Crippen LogP contribution in [0.25, 0.3) is 0 Å². The van der Waals surface area contributed by atoms with Gasteiger partial charge in [0.1, 0.15) is 11.5 Å². The van der Waals surface area contributed by atoms with Gasteiger partial charge in [0.25, 0.3) is 5.91 Å². The van der Waals surface area contributed by atoms with Crippen molar-refractivity contribution in [2.24, 2.45) is 5.10 Å². The molecule has 2 aromatic carbocycles. The first-order valence-corrected chi connectivity index (χ1v) is 11.2. The molecule has 3 rings (SSSR count). The van der Waals surface area contributed by atoms with Crippen molar-refractivity contribution in [2.45, 2.75) is 19.2 Å². The minimum atomic E-state index is -0.241. The first-order chi connectivity index (χ1) is 15.6. The molecular formula is C24H25N3O4S. The molecule has 0 fully saturated rings. The Bertz CT molecular complexity index is 1020. The van der Waals surface area contributed by atoms with Crippen LogP contribution in [0.2, 0.25) is 0 Å². The Morgan fingerprint density at radius 2 is 1.84 bits per heavy atom. The number of ether oxygens (including phenoxy) is 1. The number of hydrazone groups is 1. The summed E-state index contributed by atoms with van der Waals surface area (Å²) >= 11 is 1.54. The van der Waals surface area contributed by atoms with Crippen LogP contribution in [0.5, 0.6) is 5.75 Å². The molecule has 0 aliphatic carbocycles. The highest BCUT2D eigenvalue weighted by molar-refractivity contribution is 7.99. The number of thioether (sulfide) groups is 1. The van der Waals surface area contributed by atoms with Crippen molar-refractivity contribution in [1.29, 1.82) is 0 Å². The summed E-state index contributed by atoms with van der Waals surface area (Å²) in [4.78, 5) is 23.7. The molecule has 1 heterocycles. The molecular weight excluding hydrogens is 426 g/mol. The molecule has 0 spiro atoms. The van der Waals surface area contributed by atoms with E-state index in [0.29, 0.717) is 23.8 Å². The molecule has 0 radical (unpaired) electrons. The second-order valence-corrected chi connectivity index (χ2v) is 7.97. The van der Waals surface area contributed by atoms with E-state index < -0.39 is 0 Å². The second-order valence-electron chi connectivity index (χ2n) is 6.99. The maximum absolute atomic E-state index is 11.9. The number of rotatable bonds is 11. The van der Waals surface area contributed by atoms with Gasteiger partial charge in [0.15, 0.2) is 6.61 Å². The zero-order valence-electron chi connectivity index (χ0n) is 17.7. The van der Waals surface area contributed by atoms with Gasteiger partial charge in [-0.05, 0) is 54.4 Å². The van der Waals surface area contributed by atoms with Crippen molar-refractivity contribution in [3.63, 3.8) is 0 Å². The Morgan fingerprint density at radius 1 is 1.06 bits per heavy atom. The summed E-state index contributed by atoms with van der Waals surface area (Å²) in [6.45, 7) is 2.28. The summed E-state index contributed by atoms with van der Waals surface area (Å²) in [5, 5.41) is 6.69. The van der Waals surface area contributed by atoms with Crippen LogP contribution in [0.1, 0.15) is 22.5 Å². The van der Waals surface area contributed by atoms with Gasteiger partial charge in [0, 0.05) is 5.75 Å². The summed E-state index contributed by atoms with van der Waals surface area (Å²) in [6.07, 6.45) is 3.11. The van der Waals surface area contributed by atoms with Crippen LogP contribution < -0.4 is 15.5 Å². The number of benzene rings is 2. The number of aryl methyl sites for hydroxylation is 1. The maximum atomic E-state index is 11.9. The van der Waals surface area contributed by atoms with Gasteiger partial charge in [0.2, 0.25) is 5.91 Å². The summed E-state index contributed by atoms with van der Waals surface area (Å²) in [6, 6.07) is 18.9. The van der Waals surface area contributed by atoms with Crippen LogP contribution in [-0.2, 0) is 21.9 Å². The predicted molar refractivity (Wildman–Crippen MR) is 126 cm³/mol. The molecule has 2 N–H and O–H groups in total. The molecule has 3 aromatic rings. The molecule has 166 valence electrons. The Labute approximate surface area is 191 Å². The van der Waals surface area contributed by atoms with Crippen LogP contribution in [0.4, 0.5) is 0 Å². The molecule has 0 aliphatic rings. The van der Waals surface area contributed by atoms with Crippen LogP contribution in [0.3, 0.4) is 0 Å². The Balaban J connectivity index is 1.32. The lowest BCUT2D eigenvalue weighted by atomic mass is 10.2. The Morgan fingerprint density at radius 3 is 2.56 bits per heavy atom. The van der Waals surface area contributed by atoms with Crippen molar-refractivity contribution in [3.8, 4) is 5.75 Å². The minimum absolute atomic E-state index is 0.0928. The third-order valence-electron chi connectivity index (χ3n) is 4.32. The zero-order valence-corrected chi connectivity index (χ0v) is 18.6. The number of nitrogens with one attached hydrogen (secondary N) is 2. The number of nitrogens with zero attached hydrogens (tertiary/aromatic N) is 1. The fourth-order valence-electron chi connectivity index (χ4n) is 2.61. The largest absolute Gasteiger partial charge is 0.484 e. The summed E-state index contributed by atoms with van der Waals surface area (Å²) in [5.41, 5.74) is 5.73. The molecule has 0 aliphatic heterocycles. The Hall–Kier alpha value is -3.52. The number of furan rings is 1. The number of carbonyl (C=O) groups excluding carboxylic acids is 2. The Kier molecular flexibility index (Phi) is 8.94. The molecule has 1 aromatic heterocycles. The van der Waals surface area contributed by atoms with Crippen molar-refractivity contribution in [3.05, 3.63) is 89.4 Å². The van der Waals surface area contributed by atoms with E-state index in [1.165, 1.54) is 22.9 Å². The summed E-state index contributed by atoms with van der Waals surface area (Å²) in [7, 11) is 0. The molecule has 7 nitrogen and oxygen atoms in total. The smallest absolute Gasteiger partial charge is 0.258 e. The van der Waals surface area contributed by atoms with Crippen LogP contribution >= 0.6 is 11.8 Å². The molecule has 0 atom stereocenters. The highest BCUT2D eigenvalue weighted by Crippen LogP contribution is 2.13. The molecule has 0 bridgehead atoms. The van der Waals surface area contributed by atoms with Crippen LogP contribution in [-0.4, -0.2) is 30.4 Å². The monoisotopic (exact) mass is 451 g/mol. The van der Waals surface area contributed by atoms with E-state index >= 15 is 0 Å². The summed E-state index contributed by atoms with van der Waals surface area (Å²) in [5.74, 6) is 1.96. The van der Waals surface area contributed by atoms with Gasteiger partial charge in [0.05, 0.1) is 24.8 Å². The lowest BCUT2D eigenvalue weighted by molar-refractivity contribution is -0.123. The number of carbonyl (C=O) groups is 2. The minimum Gasteiger partial charge on any atom is -0.484 e. The predicted octanol–water partition coefficient (Wildman–Crippen LogP) is 3.67. The van der Waals surface area contributed by atoms with E-state index in [1.54, 1.807) is 48.9 Å². The highest BCUT2D eigenvalue weighted by Gasteiger charge is 2.04. The molecule has 8 heteroatoms. The average Bonchev–Trinajstić information content (AvgIpc) is 3.32. The van der Waals surface area contributed by atoms with Crippen LogP contribution in [0.15, 0.2) is 76.4 Å². The second kappa shape index (κ2) is 12.4. The van der Waals surface area contributed by atoms with Crippen LogP contribution in [0, 0.1) is 6.92 Å². The van der Waals surface area contributed by atoms with Crippen molar-refractivity contribution >= 4 is 29.8 Å². The van der Waals surface area contributed by atoms with E-state index in [4.69, 9.17) is 9.15 Å². The van der Waals surface area contributed by atoms with Crippen molar-refractivity contribution in [2.75, 3.05) is 12.4 Å². The fourth-order valence-corrected chi connectivity index (χ4v) is 3.39. The van der Waals surface area contributed by atoms with Crippen molar-refractivity contribution < 1.29 is 18.7 Å². The van der Waals surface area contributed by atoms with Gasteiger partial charge in [-0.3, -0.25) is 9.59 Å². The molecule has 0 unspecified atom stereocenters. The fraction of sp³-hybridized carbons (Fsp3) is 0.208. The SMILES string of the molecule is Cc1ccc(CSCC(=O)N/N=C\c2ccc(OCC(=O)NCc3ccco3)cc2)cc1. The third kappa shape index (κ3) is 8.31. The first-order valence-electron chi connectivity index (χ1n) is 10.1. The van der Waals surface area contributed by atoms with E-state index in [9.17, 15) is 9.59 Å². The molecule has 0 saturated heterocycles. The van der Waals surface area contributed by atoms with E-state index in [2.05, 4.69) is 40.1 Å². The normalized spacial score (nSPS) is 10.8. The van der Waals surface area contributed by atoms with Gasteiger partial charge in [-0.25, -0.2) is 5.43 Å². The van der Waals surface area contributed by atoms with Gasteiger partial charge in [-0.2, -0.15) is 5.10 Å². The first kappa shape index (κ1) is 23.1. The lowest BCUT2D eigenvalue weighted by Gasteiger charge is -2.06. The zero-order chi connectivity index (χ0) is 22.6. The van der Waals surface area contributed by atoms with Gasteiger partial charge in [-0.15, -0.1) is 11.8 Å². The van der Waals surface area contributed by atoms with E-state index in [0.717, 1.165) is 11.3 Å². The van der Waals surface area contributed by atoms with Gasteiger partial charge >= 0.3 is 0 Å². The van der Waals surface area contributed by atoms with Crippen molar-refractivity contribution in [1.82, 2.24) is 10.7 Å². The summed E-state index contributed by atoms with van der Waals surface area (Å²) < 4.78 is 10.6. The van der Waals surface area contributed by atoms with Gasteiger partial charge < -0.3 is 14.5 Å². The maximum Gasteiger partial charge on any atom is 0.258 e. The third-order valence-corrected chi connectivity index (χ3v) is 5.32. The quantitative estimate of drug-likeness (QED) is 0.343. The molecule has 32 heavy (non-hydrogen) atoms. The van der Waals surface area contributed by atoms with E-state index in [-0.39, 0.29) is 18.4 Å². The van der Waals surface area contributed by atoms with E-state index in [1.807, 2.05) is 6.92 Å². The molecule has 0 saturated carbocycles. The van der Waals surface area contributed by atoms with Gasteiger partial charge in [-0.1, -0.05) is 29.8 Å². The number of amides is 2.